The van der Waals surface area contributed by atoms with Crippen molar-refractivity contribution in [3.8, 4) is 0 Å². The monoisotopic (exact) mass is 328 g/mol. The lowest BCUT2D eigenvalue weighted by Gasteiger charge is -2.42. The van der Waals surface area contributed by atoms with E-state index in [9.17, 15) is 4.79 Å². The minimum absolute atomic E-state index is 0.183. The lowest BCUT2D eigenvalue weighted by atomic mass is 9.83. The van der Waals surface area contributed by atoms with E-state index in [-0.39, 0.29) is 11.4 Å². The molecule has 4 N–H and O–H groups in total. The summed E-state index contributed by atoms with van der Waals surface area (Å²) in [6.45, 7) is 1.89. The molecule has 24 heavy (non-hydrogen) atoms. The Hall–Kier alpha value is -1.59. The van der Waals surface area contributed by atoms with Crippen molar-refractivity contribution in [1.82, 2.24) is 15.5 Å². The molecule has 1 aliphatic carbocycles. The number of nitrogens with one attached hydrogen (secondary N) is 2. The van der Waals surface area contributed by atoms with Gasteiger partial charge in [-0.2, -0.15) is 0 Å². The van der Waals surface area contributed by atoms with Crippen LogP contribution in [0, 0.1) is 5.92 Å². The molecular weight excluding hydrogens is 300 g/mol. The zero-order chi connectivity index (χ0) is 16.6. The predicted octanol–water partition coefficient (Wildman–Crippen LogP) is 1.74. The Kier molecular flexibility index (Phi) is 4.22. The van der Waals surface area contributed by atoms with Crippen molar-refractivity contribution in [2.75, 3.05) is 13.1 Å². The van der Waals surface area contributed by atoms with E-state index in [0.717, 1.165) is 57.3 Å². The van der Waals surface area contributed by atoms with Crippen LogP contribution in [0.4, 0.5) is 0 Å². The quantitative estimate of drug-likeness (QED) is 0.722. The zero-order valence-electron chi connectivity index (χ0n) is 14.3. The van der Waals surface area contributed by atoms with Crippen LogP contribution in [-0.4, -0.2) is 35.5 Å². The average molecular weight is 328 g/mol. The average Bonchev–Trinajstić information content (AvgIpc) is 2.90. The fourth-order valence-electron chi connectivity index (χ4n) is 4.68. The third-order valence-corrected chi connectivity index (χ3v) is 5.98. The van der Waals surface area contributed by atoms with Gasteiger partial charge in [0.15, 0.2) is 0 Å². The van der Waals surface area contributed by atoms with Crippen LogP contribution in [0.2, 0.25) is 0 Å². The fraction of sp³-hybridized carbons (Fsp3) is 0.632. The number of rotatable bonds is 2. The Morgan fingerprint density at radius 1 is 1.33 bits per heavy atom. The molecular formula is C19H28N4O. The van der Waals surface area contributed by atoms with Crippen LogP contribution < -0.4 is 16.4 Å². The van der Waals surface area contributed by atoms with Crippen LogP contribution in [-0.2, 0) is 4.79 Å². The highest BCUT2D eigenvalue weighted by Gasteiger charge is 2.46. The predicted molar refractivity (Wildman–Crippen MR) is 94.7 cm³/mol. The molecule has 4 aliphatic rings. The van der Waals surface area contributed by atoms with E-state index in [1.54, 1.807) is 0 Å². The molecule has 1 atom stereocenters. The molecule has 3 heterocycles. The molecule has 4 rings (SSSR count). The normalized spacial score (nSPS) is 35.3. The van der Waals surface area contributed by atoms with Crippen LogP contribution in [0.3, 0.4) is 0 Å². The second kappa shape index (κ2) is 6.37. The second-order valence-corrected chi connectivity index (χ2v) is 7.73. The summed E-state index contributed by atoms with van der Waals surface area (Å²) in [5, 5.41) is 6.65. The Labute approximate surface area is 144 Å². The molecule has 1 saturated heterocycles. The van der Waals surface area contributed by atoms with Gasteiger partial charge in [0.1, 0.15) is 0 Å². The van der Waals surface area contributed by atoms with Crippen molar-refractivity contribution in [2.45, 2.75) is 56.5 Å². The van der Waals surface area contributed by atoms with Crippen LogP contribution in [0.15, 0.2) is 35.8 Å². The molecule has 5 heteroatoms. The van der Waals surface area contributed by atoms with E-state index >= 15 is 0 Å². The minimum Gasteiger partial charge on any atom is -0.366 e. The van der Waals surface area contributed by atoms with E-state index in [0.29, 0.717) is 18.4 Å². The van der Waals surface area contributed by atoms with Gasteiger partial charge in [-0.1, -0.05) is 0 Å². The Bertz CT molecular complexity index is 592. The van der Waals surface area contributed by atoms with Crippen LogP contribution in [0.1, 0.15) is 44.9 Å². The van der Waals surface area contributed by atoms with Crippen LogP contribution >= 0.6 is 0 Å². The van der Waals surface area contributed by atoms with Gasteiger partial charge in [-0.25, -0.2) is 0 Å². The van der Waals surface area contributed by atoms with E-state index in [1.165, 1.54) is 5.57 Å². The number of carbonyl (C=O) groups is 1. The number of nitrogens with zero attached hydrogens (tertiary/aromatic N) is 1. The van der Waals surface area contributed by atoms with Crippen LogP contribution in [0.25, 0.3) is 0 Å². The maximum atomic E-state index is 13.3. The summed E-state index contributed by atoms with van der Waals surface area (Å²) in [4.78, 5) is 15.3. The molecule has 0 bridgehead atoms. The summed E-state index contributed by atoms with van der Waals surface area (Å²) < 4.78 is 0. The molecule has 0 aromatic heterocycles. The van der Waals surface area contributed by atoms with E-state index in [1.807, 2.05) is 12.4 Å². The molecule has 130 valence electrons. The number of allylic oxidation sites excluding steroid dienone is 1. The molecule has 1 spiro atoms. The second-order valence-electron chi connectivity index (χ2n) is 7.73. The van der Waals surface area contributed by atoms with E-state index in [2.05, 4.69) is 27.7 Å². The van der Waals surface area contributed by atoms with Gasteiger partial charge in [0.25, 0.3) is 0 Å². The molecule has 1 unspecified atom stereocenters. The third kappa shape index (κ3) is 2.80. The Morgan fingerprint density at radius 3 is 2.92 bits per heavy atom. The topological polar surface area (TPSA) is 70.4 Å². The van der Waals surface area contributed by atoms with Crippen molar-refractivity contribution in [2.24, 2.45) is 11.7 Å². The van der Waals surface area contributed by atoms with E-state index < -0.39 is 0 Å². The van der Waals surface area contributed by atoms with Gasteiger partial charge in [0, 0.05) is 31.4 Å². The highest BCUT2D eigenvalue weighted by molar-refractivity contribution is 5.83. The Balaban J connectivity index is 1.55. The number of hydrogen-bond donors (Lipinski definition) is 3. The molecule has 1 amide bonds. The highest BCUT2D eigenvalue weighted by atomic mass is 16.2. The summed E-state index contributed by atoms with van der Waals surface area (Å²) in [5.41, 5.74) is 8.05. The largest absolute Gasteiger partial charge is 0.366 e. The first-order valence-corrected chi connectivity index (χ1v) is 9.33. The number of fused-ring (bicyclic) bond motifs is 1. The summed E-state index contributed by atoms with van der Waals surface area (Å²) in [6.07, 6.45) is 15.4. The number of carbonyl (C=O) groups excluding carboxylic acids is 1. The zero-order valence-corrected chi connectivity index (χ0v) is 14.3. The highest BCUT2D eigenvalue weighted by Crippen LogP contribution is 2.42. The van der Waals surface area contributed by atoms with Crippen molar-refractivity contribution in [3.05, 3.63) is 35.8 Å². The van der Waals surface area contributed by atoms with Crippen molar-refractivity contribution in [1.29, 1.82) is 0 Å². The molecule has 3 aliphatic heterocycles. The molecule has 2 fully saturated rings. The lowest BCUT2D eigenvalue weighted by Crippen LogP contribution is -2.56. The first-order valence-electron chi connectivity index (χ1n) is 9.33. The number of hydrogen-bond acceptors (Lipinski definition) is 4. The van der Waals surface area contributed by atoms with Gasteiger partial charge in [0.05, 0.1) is 11.2 Å². The van der Waals surface area contributed by atoms with Gasteiger partial charge in [-0.15, -0.1) is 0 Å². The molecule has 0 radical (unpaired) electrons. The van der Waals surface area contributed by atoms with Crippen LogP contribution in [0.5, 0.6) is 0 Å². The molecule has 0 aromatic rings. The van der Waals surface area contributed by atoms with Crippen molar-refractivity contribution >= 4 is 5.91 Å². The minimum atomic E-state index is -0.183. The van der Waals surface area contributed by atoms with E-state index in [4.69, 9.17) is 5.73 Å². The first-order chi connectivity index (χ1) is 11.7. The summed E-state index contributed by atoms with van der Waals surface area (Å²) in [6, 6.07) is 0.334. The Morgan fingerprint density at radius 2 is 2.17 bits per heavy atom. The van der Waals surface area contributed by atoms with Gasteiger partial charge in [0.2, 0.25) is 5.91 Å². The van der Waals surface area contributed by atoms with Gasteiger partial charge in [-0.05, 0) is 68.7 Å². The lowest BCUT2D eigenvalue weighted by molar-refractivity contribution is -0.134. The summed E-state index contributed by atoms with van der Waals surface area (Å²) >= 11 is 0. The smallest absolute Gasteiger partial charge is 0.228 e. The fourth-order valence-corrected chi connectivity index (χ4v) is 4.68. The number of dihydropyridines is 1. The number of piperidine rings is 1. The number of nitrogens with two attached hydrogens (primary N) is 1. The SMILES string of the molecule is NC1CCC(CC(=O)N2C3=CNC=CC3=CC23CCCNC3)CC1. The molecule has 0 aromatic carbocycles. The van der Waals surface area contributed by atoms with Gasteiger partial charge in [-0.3, -0.25) is 9.69 Å². The van der Waals surface area contributed by atoms with Crippen molar-refractivity contribution in [3.63, 3.8) is 0 Å². The summed E-state index contributed by atoms with van der Waals surface area (Å²) in [7, 11) is 0. The standard InChI is InChI=1S/C19H28N4O/c20-16-4-2-14(3-5-16)10-18(24)23-17-12-21-9-6-15(17)11-19(23)7-1-8-22-13-19/h6,9,11-12,14,16,21-22H,1-5,7-8,10,13,20H2. The maximum absolute atomic E-state index is 13.3. The third-order valence-electron chi connectivity index (χ3n) is 5.98. The van der Waals surface area contributed by atoms with Crippen molar-refractivity contribution < 1.29 is 4.79 Å². The number of amides is 1. The first kappa shape index (κ1) is 15.9. The molecule has 5 nitrogen and oxygen atoms in total. The van der Waals surface area contributed by atoms with Gasteiger partial charge < -0.3 is 16.4 Å². The summed E-state index contributed by atoms with van der Waals surface area (Å²) in [5.74, 6) is 0.761. The maximum Gasteiger partial charge on any atom is 0.228 e. The van der Waals surface area contributed by atoms with Gasteiger partial charge >= 0.3 is 0 Å². The molecule has 1 saturated carbocycles.